The number of carbonyl (C=O) groups is 1. The first-order chi connectivity index (χ1) is 12.7. The van der Waals surface area contributed by atoms with Gasteiger partial charge in [0.15, 0.2) is 12.6 Å². The largest absolute Gasteiger partial charge is 0.484 e. The summed E-state index contributed by atoms with van der Waals surface area (Å²) in [6.45, 7) is 2.81. The van der Waals surface area contributed by atoms with Gasteiger partial charge in [-0.3, -0.25) is 9.79 Å². The van der Waals surface area contributed by atoms with Crippen molar-refractivity contribution < 1.29 is 9.53 Å². The van der Waals surface area contributed by atoms with E-state index in [0.29, 0.717) is 24.3 Å². The van der Waals surface area contributed by atoms with Gasteiger partial charge in [0.2, 0.25) is 0 Å². The number of ether oxygens (including phenoxy) is 1. The molecule has 1 heterocycles. The van der Waals surface area contributed by atoms with Crippen LogP contribution in [-0.4, -0.2) is 49.0 Å². The second-order valence-electron chi connectivity index (χ2n) is 7.17. The first kappa shape index (κ1) is 18.5. The summed E-state index contributed by atoms with van der Waals surface area (Å²) in [6, 6.07) is 8.22. The zero-order chi connectivity index (χ0) is 18.2. The number of hydrogen-bond donors (Lipinski definition) is 2. The van der Waals surface area contributed by atoms with E-state index < -0.39 is 0 Å². The predicted molar refractivity (Wildman–Crippen MR) is 103 cm³/mol. The molecule has 3 N–H and O–H groups in total. The maximum absolute atomic E-state index is 11.6. The van der Waals surface area contributed by atoms with Crippen molar-refractivity contribution in [2.45, 2.75) is 51.0 Å². The summed E-state index contributed by atoms with van der Waals surface area (Å²) >= 11 is 0. The van der Waals surface area contributed by atoms with Crippen LogP contribution >= 0.6 is 0 Å². The maximum atomic E-state index is 11.6. The van der Waals surface area contributed by atoms with Gasteiger partial charge in [0.05, 0.1) is 0 Å². The second kappa shape index (κ2) is 9.46. The normalized spacial score (nSPS) is 18.3. The fraction of sp³-hybridized carbons (Fsp3) is 0.600. The fourth-order valence-corrected chi connectivity index (χ4v) is 3.10. The van der Waals surface area contributed by atoms with Gasteiger partial charge >= 0.3 is 0 Å². The molecule has 1 aromatic rings. The lowest BCUT2D eigenvalue weighted by Gasteiger charge is -2.21. The van der Waals surface area contributed by atoms with Gasteiger partial charge in [0.25, 0.3) is 5.91 Å². The average Bonchev–Trinajstić information content (AvgIpc) is 3.47. The molecule has 1 amide bonds. The van der Waals surface area contributed by atoms with E-state index in [9.17, 15) is 4.79 Å². The van der Waals surface area contributed by atoms with Crippen molar-refractivity contribution >= 4 is 11.9 Å². The van der Waals surface area contributed by atoms with Crippen molar-refractivity contribution in [3.63, 3.8) is 0 Å². The van der Waals surface area contributed by atoms with Crippen LogP contribution in [-0.2, 0) is 11.2 Å². The van der Waals surface area contributed by atoms with Gasteiger partial charge < -0.3 is 20.7 Å². The molecular formula is C20H30N4O2. The second-order valence-corrected chi connectivity index (χ2v) is 7.17. The minimum absolute atomic E-state index is 0.0464. The van der Waals surface area contributed by atoms with E-state index in [2.05, 4.69) is 15.2 Å². The van der Waals surface area contributed by atoms with Gasteiger partial charge in [0.1, 0.15) is 5.75 Å². The van der Waals surface area contributed by atoms with Crippen LogP contribution in [0.25, 0.3) is 0 Å². The zero-order valence-corrected chi connectivity index (χ0v) is 15.5. The van der Waals surface area contributed by atoms with Gasteiger partial charge in [-0.1, -0.05) is 25.0 Å². The number of nitrogens with zero attached hydrogens (tertiary/aromatic N) is 2. The highest BCUT2D eigenvalue weighted by atomic mass is 16.5. The van der Waals surface area contributed by atoms with E-state index in [-0.39, 0.29) is 12.5 Å². The monoisotopic (exact) mass is 358 g/mol. The molecule has 26 heavy (non-hydrogen) atoms. The van der Waals surface area contributed by atoms with Gasteiger partial charge in [-0.15, -0.1) is 0 Å². The van der Waals surface area contributed by atoms with E-state index in [0.717, 1.165) is 32.4 Å². The number of rotatable bonds is 7. The quantitative estimate of drug-likeness (QED) is 0.578. The first-order valence-electron chi connectivity index (χ1n) is 9.77. The molecule has 1 aromatic carbocycles. The highest BCUT2D eigenvalue weighted by Gasteiger charge is 2.23. The van der Waals surface area contributed by atoms with E-state index >= 15 is 0 Å². The summed E-state index contributed by atoms with van der Waals surface area (Å²) in [5.74, 6) is 1.34. The Hall–Kier alpha value is -2.24. The van der Waals surface area contributed by atoms with Crippen molar-refractivity contribution in [3.05, 3.63) is 29.8 Å². The third-order valence-corrected chi connectivity index (χ3v) is 4.84. The lowest BCUT2D eigenvalue weighted by atomic mass is 10.1. The van der Waals surface area contributed by atoms with E-state index in [1.165, 1.54) is 31.2 Å². The minimum atomic E-state index is -0.0464. The topological polar surface area (TPSA) is 80.0 Å². The van der Waals surface area contributed by atoms with Gasteiger partial charge in [-0.2, -0.15) is 0 Å². The van der Waals surface area contributed by atoms with Gasteiger partial charge in [-0.25, -0.2) is 0 Å². The molecule has 0 bridgehead atoms. The Morgan fingerprint density at radius 3 is 2.50 bits per heavy atom. The summed E-state index contributed by atoms with van der Waals surface area (Å²) in [6.07, 6.45) is 8.01. The number of benzene rings is 1. The molecule has 6 heteroatoms. The molecule has 6 nitrogen and oxygen atoms in total. The molecule has 1 aliphatic carbocycles. The number of amides is 1. The Labute approximate surface area is 155 Å². The zero-order valence-electron chi connectivity index (χ0n) is 15.5. The van der Waals surface area contributed by atoms with Crippen LogP contribution in [0.3, 0.4) is 0 Å². The lowest BCUT2D eigenvalue weighted by Crippen LogP contribution is -2.38. The van der Waals surface area contributed by atoms with E-state index in [1.54, 1.807) is 0 Å². The van der Waals surface area contributed by atoms with Crippen molar-refractivity contribution in [2.75, 3.05) is 26.2 Å². The molecule has 0 radical (unpaired) electrons. The number of likely N-dealkylation sites (tertiary alicyclic amines) is 1. The predicted octanol–water partition coefficient (Wildman–Crippen LogP) is 2.08. The van der Waals surface area contributed by atoms with Crippen LogP contribution in [0.15, 0.2) is 29.3 Å². The molecular weight excluding hydrogens is 328 g/mol. The molecule has 0 spiro atoms. The van der Waals surface area contributed by atoms with Crippen LogP contribution in [0.5, 0.6) is 5.75 Å². The highest BCUT2D eigenvalue weighted by molar-refractivity contribution is 5.78. The Kier molecular flexibility index (Phi) is 6.75. The van der Waals surface area contributed by atoms with Crippen LogP contribution in [0.4, 0.5) is 0 Å². The first-order valence-corrected chi connectivity index (χ1v) is 9.77. The van der Waals surface area contributed by atoms with Gasteiger partial charge in [-0.05, 0) is 49.8 Å². The third-order valence-electron chi connectivity index (χ3n) is 4.84. The number of carbonyl (C=O) groups excluding carboxylic acids is 1. The summed E-state index contributed by atoms with van der Waals surface area (Å²) in [7, 11) is 0. The third kappa shape index (κ3) is 6.24. The molecule has 2 aliphatic rings. The number of aliphatic imine (C=N–C) groups is 1. The summed E-state index contributed by atoms with van der Waals surface area (Å²) in [4.78, 5) is 18.4. The number of nitrogens with one attached hydrogen (secondary N) is 1. The van der Waals surface area contributed by atoms with Gasteiger partial charge in [0, 0.05) is 25.7 Å². The molecule has 1 aliphatic heterocycles. The Morgan fingerprint density at radius 2 is 1.85 bits per heavy atom. The number of hydrogen-bond acceptors (Lipinski definition) is 3. The SMILES string of the molecule is NC(=NCCc1ccc(OCC(=O)NC2CC2)cc1)N1CCCCCC1. The smallest absolute Gasteiger partial charge is 0.258 e. The Balaban J connectivity index is 1.39. The molecule has 142 valence electrons. The molecule has 3 rings (SSSR count). The summed E-state index contributed by atoms with van der Waals surface area (Å²) in [5, 5.41) is 2.91. The number of guanidine groups is 1. The molecule has 0 atom stereocenters. The lowest BCUT2D eigenvalue weighted by molar-refractivity contribution is -0.123. The highest BCUT2D eigenvalue weighted by Crippen LogP contribution is 2.18. The summed E-state index contributed by atoms with van der Waals surface area (Å²) < 4.78 is 5.52. The van der Waals surface area contributed by atoms with Crippen molar-refractivity contribution in [3.8, 4) is 5.75 Å². The average molecular weight is 358 g/mol. The van der Waals surface area contributed by atoms with E-state index in [4.69, 9.17) is 10.5 Å². The standard InChI is InChI=1S/C20H30N4O2/c21-20(24-13-3-1-2-4-14-24)22-12-11-16-5-9-18(10-6-16)26-15-19(25)23-17-7-8-17/h5-6,9-10,17H,1-4,7-8,11-15H2,(H2,21,22)(H,23,25). The Bertz CT molecular complexity index is 603. The fourth-order valence-electron chi connectivity index (χ4n) is 3.10. The van der Waals surface area contributed by atoms with Crippen molar-refractivity contribution in [1.29, 1.82) is 0 Å². The summed E-state index contributed by atoms with van der Waals surface area (Å²) in [5.41, 5.74) is 7.32. The molecule has 1 saturated heterocycles. The Morgan fingerprint density at radius 1 is 1.15 bits per heavy atom. The van der Waals surface area contributed by atoms with E-state index in [1.807, 2.05) is 24.3 Å². The maximum Gasteiger partial charge on any atom is 0.258 e. The van der Waals surface area contributed by atoms with Crippen molar-refractivity contribution in [2.24, 2.45) is 10.7 Å². The van der Waals surface area contributed by atoms with Crippen LogP contribution in [0.2, 0.25) is 0 Å². The molecule has 2 fully saturated rings. The van der Waals surface area contributed by atoms with Crippen molar-refractivity contribution in [1.82, 2.24) is 10.2 Å². The molecule has 0 aromatic heterocycles. The molecule has 1 saturated carbocycles. The minimum Gasteiger partial charge on any atom is -0.484 e. The number of nitrogens with two attached hydrogens (primary N) is 1. The molecule has 0 unspecified atom stereocenters. The van der Waals surface area contributed by atoms with Crippen LogP contribution in [0.1, 0.15) is 44.1 Å². The van der Waals surface area contributed by atoms with Crippen LogP contribution in [0, 0.1) is 0 Å². The van der Waals surface area contributed by atoms with Crippen LogP contribution < -0.4 is 15.8 Å².